The van der Waals surface area contributed by atoms with Crippen LogP contribution < -0.4 is 10.6 Å². The molecule has 0 fully saturated rings. The molecular weight excluding hydrogens is 216 g/mol. The number of H-pyrrole nitrogens is 1. The summed E-state index contributed by atoms with van der Waals surface area (Å²) >= 11 is 0. The van der Waals surface area contributed by atoms with Crippen molar-refractivity contribution in [3.63, 3.8) is 0 Å². The summed E-state index contributed by atoms with van der Waals surface area (Å²) in [6.45, 7) is 5.37. The standard InChI is InChI=1S/C12H22N4O/c1-9(7-13-3)12(17)14-6-4-5-11-8-15-16-10(11)2/h8-9,13H,4-7H2,1-3H3,(H,14,17)(H,15,16). The summed E-state index contributed by atoms with van der Waals surface area (Å²) in [4.78, 5) is 11.6. The molecule has 17 heavy (non-hydrogen) atoms. The van der Waals surface area contributed by atoms with E-state index in [1.165, 1.54) is 5.56 Å². The number of rotatable bonds is 7. The molecule has 96 valence electrons. The maximum absolute atomic E-state index is 11.6. The number of carbonyl (C=O) groups is 1. The van der Waals surface area contributed by atoms with Crippen LogP contribution in [-0.2, 0) is 11.2 Å². The first-order valence-electron chi connectivity index (χ1n) is 6.06. The normalized spacial score (nSPS) is 12.4. The summed E-state index contributed by atoms with van der Waals surface area (Å²) in [6.07, 6.45) is 3.74. The highest BCUT2D eigenvalue weighted by atomic mass is 16.1. The number of hydrogen-bond acceptors (Lipinski definition) is 3. The van der Waals surface area contributed by atoms with E-state index < -0.39 is 0 Å². The maximum Gasteiger partial charge on any atom is 0.224 e. The quantitative estimate of drug-likeness (QED) is 0.610. The summed E-state index contributed by atoms with van der Waals surface area (Å²) in [5.41, 5.74) is 2.34. The lowest BCUT2D eigenvalue weighted by molar-refractivity contribution is -0.124. The van der Waals surface area contributed by atoms with E-state index in [0.717, 1.165) is 25.1 Å². The molecule has 0 bridgehead atoms. The molecule has 0 saturated carbocycles. The Bertz CT molecular complexity index is 348. The van der Waals surface area contributed by atoms with Crippen LogP contribution in [0, 0.1) is 12.8 Å². The molecule has 1 amide bonds. The van der Waals surface area contributed by atoms with E-state index in [1.807, 2.05) is 27.1 Å². The van der Waals surface area contributed by atoms with Gasteiger partial charge in [-0.25, -0.2) is 0 Å². The van der Waals surface area contributed by atoms with E-state index in [1.54, 1.807) is 0 Å². The van der Waals surface area contributed by atoms with Crippen molar-refractivity contribution < 1.29 is 4.79 Å². The largest absolute Gasteiger partial charge is 0.356 e. The lowest BCUT2D eigenvalue weighted by Crippen LogP contribution is -2.34. The fraction of sp³-hybridized carbons (Fsp3) is 0.667. The van der Waals surface area contributed by atoms with Crippen molar-refractivity contribution in [3.05, 3.63) is 17.5 Å². The zero-order valence-electron chi connectivity index (χ0n) is 10.8. The van der Waals surface area contributed by atoms with Crippen LogP contribution in [0.1, 0.15) is 24.6 Å². The topological polar surface area (TPSA) is 69.8 Å². The zero-order chi connectivity index (χ0) is 12.7. The third kappa shape index (κ3) is 4.56. The Balaban J connectivity index is 2.16. The highest BCUT2D eigenvalue weighted by molar-refractivity contribution is 5.78. The van der Waals surface area contributed by atoms with E-state index in [-0.39, 0.29) is 11.8 Å². The molecule has 1 heterocycles. The minimum atomic E-state index is 0.0238. The molecule has 0 aliphatic heterocycles. The van der Waals surface area contributed by atoms with Gasteiger partial charge >= 0.3 is 0 Å². The van der Waals surface area contributed by atoms with Gasteiger partial charge in [-0.3, -0.25) is 9.89 Å². The van der Waals surface area contributed by atoms with Gasteiger partial charge in [-0.15, -0.1) is 0 Å². The van der Waals surface area contributed by atoms with Crippen LogP contribution in [0.3, 0.4) is 0 Å². The number of aromatic nitrogens is 2. The van der Waals surface area contributed by atoms with Crippen molar-refractivity contribution in [2.75, 3.05) is 20.1 Å². The lowest BCUT2D eigenvalue weighted by Gasteiger charge is -2.11. The summed E-state index contributed by atoms with van der Waals surface area (Å²) in [5.74, 6) is 0.138. The molecular formula is C12H22N4O. The Morgan fingerprint density at radius 3 is 2.94 bits per heavy atom. The number of aromatic amines is 1. The van der Waals surface area contributed by atoms with Crippen LogP contribution in [-0.4, -0.2) is 36.2 Å². The van der Waals surface area contributed by atoms with Gasteiger partial charge < -0.3 is 10.6 Å². The Kier molecular flexibility index (Phi) is 5.69. The number of nitrogens with zero attached hydrogens (tertiary/aromatic N) is 1. The Morgan fingerprint density at radius 2 is 2.35 bits per heavy atom. The molecule has 1 atom stereocenters. The molecule has 0 aliphatic carbocycles. The minimum Gasteiger partial charge on any atom is -0.356 e. The minimum absolute atomic E-state index is 0.0238. The second-order valence-corrected chi connectivity index (χ2v) is 4.37. The zero-order valence-corrected chi connectivity index (χ0v) is 10.8. The Labute approximate surface area is 102 Å². The molecule has 0 aliphatic rings. The van der Waals surface area contributed by atoms with E-state index in [2.05, 4.69) is 20.8 Å². The van der Waals surface area contributed by atoms with Gasteiger partial charge in [-0.1, -0.05) is 6.92 Å². The summed E-state index contributed by atoms with van der Waals surface area (Å²) in [7, 11) is 1.85. The van der Waals surface area contributed by atoms with Crippen LogP contribution in [0.2, 0.25) is 0 Å². The number of amides is 1. The van der Waals surface area contributed by atoms with Crippen LogP contribution in [0.4, 0.5) is 0 Å². The van der Waals surface area contributed by atoms with Crippen molar-refractivity contribution in [1.29, 1.82) is 0 Å². The average Bonchev–Trinajstić information content (AvgIpc) is 2.70. The second-order valence-electron chi connectivity index (χ2n) is 4.37. The Morgan fingerprint density at radius 1 is 1.59 bits per heavy atom. The molecule has 0 saturated heterocycles. The first-order chi connectivity index (χ1) is 8.15. The molecule has 1 rings (SSSR count). The Hall–Kier alpha value is -1.36. The van der Waals surface area contributed by atoms with Crippen molar-refractivity contribution in [2.45, 2.75) is 26.7 Å². The molecule has 1 unspecified atom stereocenters. The number of hydrogen-bond donors (Lipinski definition) is 3. The van der Waals surface area contributed by atoms with E-state index in [4.69, 9.17) is 0 Å². The highest BCUT2D eigenvalue weighted by Crippen LogP contribution is 2.05. The highest BCUT2D eigenvalue weighted by Gasteiger charge is 2.10. The first-order valence-corrected chi connectivity index (χ1v) is 6.06. The average molecular weight is 238 g/mol. The van der Waals surface area contributed by atoms with Gasteiger partial charge in [0.25, 0.3) is 0 Å². The third-order valence-corrected chi connectivity index (χ3v) is 2.81. The summed E-state index contributed by atoms with van der Waals surface area (Å²) in [6, 6.07) is 0. The van der Waals surface area contributed by atoms with Crippen molar-refractivity contribution in [2.24, 2.45) is 5.92 Å². The summed E-state index contributed by atoms with van der Waals surface area (Å²) < 4.78 is 0. The summed E-state index contributed by atoms with van der Waals surface area (Å²) in [5, 5.41) is 12.8. The van der Waals surface area contributed by atoms with Gasteiger partial charge in [0.15, 0.2) is 0 Å². The molecule has 5 heteroatoms. The molecule has 1 aromatic heterocycles. The fourth-order valence-electron chi connectivity index (χ4n) is 1.69. The monoisotopic (exact) mass is 238 g/mol. The number of aryl methyl sites for hydroxylation is 2. The fourth-order valence-corrected chi connectivity index (χ4v) is 1.69. The molecule has 0 aromatic carbocycles. The van der Waals surface area contributed by atoms with Crippen LogP contribution in [0.15, 0.2) is 6.20 Å². The van der Waals surface area contributed by atoms with Crippen LogP contribution in [0.5, 0.6) is 0 Å². The SMILES string of the molecule is CNCC(C)C(=O)NCCCc1cn[nH]c1C. The smallest absolute Gasteiger partial charge is 0.224 e. The van der Waals surface area contributed by atoms with Crippen LogP contribution in [0.25, 0.3) is 0 Å². The van der Waals surface area contributed by atoms with Gasteiger partial charge in [-0.05, 0) is 32.4 Å². The van der Waals surface area contributed by atoms with E-state index in [0.29, 0.717) is 6.54 Å². The second kappa shape index (κ2) is 7.06. The van der Waals surface area contributed by atoms with Gasteiger partial charge in [-0.2, -0.15) is 5.10 Å². The number of carbonyl (C=O) groups excluding carboxylic acids is 1. The van der Waals surface area contributed by atoms with E-state index >= 15 is 0 Å². The number of nitrogens with one attached hydrogen (secondary N) is 3. The van der Waals surface area contributed by atoms with Gasteiger partial charge in [0, 0.05) is 24.7 Å². The van der Waals surface area contributed by atoms with Crippen molar-refractivity contribution >= 4 is 5.91 Å². The van der Waals surface area contributed by atoms with Crippen molar-refractivity contribution in [1.82, 2.24) is 20.8 Å². The van der Waals surface area contributed by atoms with Gasteiger partial charge in [0.05, 0.1) is 6.20 Å². The van der Waals surface area contributed by atoms with Crippen LogP contribution >= 0.6 is 0 Å². The van der Waals surface area contributed by atoms with Gasteiger partial charge in [0.2, 0.25) is 5.91 Å². The van der Waals surface area contributed by atoms with E-state index in [9.17, 15) is 4.79 Å². The molecule has 5 nitrogen and oxygen atoms in total. The lowest BCUT2D eigenvalue weighted by atomic mass is 10.1. The molecule has 0 radical (unpaired) electrons. The van der Waals surface area contributed by atoms with Gasteiger partial charge in [0.1, 0.15) is 0 Å². The predicted octanol–water partition coefficient (Wildman–Crippen LogP) is 0.622. The maximum atomic E-state index is 11.6. The predicted molar refractivity (Wildman–Crippen MR) is 67.7 cm³/mol. The molecule has 0 spiro atoms. The third-order valence-electron chi connectivity index (χ3n) is 2.81. The van der Waals surface area contributed by atoms with Crippen molar-refractivity contribution in [3.8, 4) is 0 Å². The first kappa shape index (κ1) is 13.7. The molecule has 3 N–H and O–H groups in total. The molecule has 1 aromatic rings.